The van der Waals surface area contributed by atoms with E-state index in [0.29, 0.717) is 18.8 Å². The minimum absolute atomic E-state index is 0.0655. The van der Waals surface area contributed by atoms with Crippen molar-refractivity contribution in [3.05, 3.63) is 24.0 Å². The molecule has 0 bridgehead atoms. The number of nitrogens with zero attached hydrogens (tertiary/aromatic N) is 2. The normalized spacial score (nSPS) is 11.8. The van der Waals surface area contributed by atoms with Crippen molar-refractivity contribution in [3.63, 3.8) is 0 Å². The summed E-state index contributed by atoms with van der Waals surface area (Å²) in [6.07, 6.45) is 0. The molecule has 1 amide bonds. The summed E-state index contributed by atoms with van der Waals surface area (Å²) in [5.41, 5.74) is 8.09. The Kier molecular flexibility index (Phi) is 4.71. The molecule has 0 aliphatic heterocycles. The summed E-state index contributed by atoms with van der Waals surface area (Å²) < 4.78 is 6.88. The molecule has 3 N–H and O–H groups in total. The van der Waals surface area contributed by atoms with Crippen LogP contribution in [0.3, 0.4) is 0 Å². The van der Waals surface area contributed by atoms with Gasteiger partial charge in [0.05, 0.1) is 17.8 Å². The highest BCUT2D eigenvalue weighted by Gasteiger charge is 2.24. The Morgan fingerprint density at radius 3 is 2.77 bits per heavy atom. The number of carbonyl (C=O) groups excluding carboxylic acids is 1. The van der Waals surface area contributed by atoms with Crippen molar-refractivity contribution in [1.82, 2.24) is 14.9 Å². The number of nitrogens with two attached hydrogens (primary N) is 1. The molecule has 0 aliphatic rings. The van der Waals surface area contributed by atoms with E-state index >= 15 is 0 Å². The standard InChI is InChI=1S/C16H24N4O2/c1-16(2,3)15-19-14-11(17)6-5-7-12(14)20(15)10-13(21)18-8-9-22-4/h5-7H,8-10,17H2,1-4H3,(H,18,21). The van der Waals surface area contributed by atoms with Gasteiger partial charge in [0.2, 0.25) is 5.91 Å². The first kappa shape index (κ1) is 16.3. The van der Waals surface area contributed by atoms with Crippen molar-refractivity contribution in [3.8, 4) is 0 Å². The van der Waals surface area contributed by atoms with Crippen molar-refractivity contribution in [2.45, 2.75) is 32.7 Å². The number of rotatable bonds is 5. The average Bonchev–Trinajstić information content (AvgIpc) is 2.79. The number of hydrogen-bond donors (Lipinski definition) is 2. The summed E-state index contributed by atoms with van der Waals surface area (Å²) in [5, 5.41) is 2.84. The minimum atomic E-state index is -0.182. The third kappa shape index (κ3) is 3.39. The molecule has 1 heterocycles. The molecule has 0 spiro atoms. The fourth-order valence-electron chi connectivity index (χ4n) is 2.39. The number of anilines is 1. The van der Waals surface area contributed by atoms with Gasteiger partial charge in [0.1, 0.15) is 17.9 Å². The highest BCUT2D eigenvalue weighted by atomic mass is 16.5. The number of hydrogen-bond acceptors (Lipinski definition) is 4. The average molecular weight is 304 g/mol. The van der Waals surface area contributed by atoms with E-state index in [1.807, 2.05) is 22.8 Å². The predicted octanol–water partition coefficient (Wildman–Crippen LogP) is 1.68. The molecule has 0 aliphatic carbocycles. The number of ether oxygens (including phenoxy) is 1. The van der Waals surface area contributed by atoms with Crippen LogP contribution in [0.5, 0.6) is 0 Å². The molecule has 2 rings (SSSR count). The molecule has 2 aromatic rings. The highest BCUT2D eigenvalue weighted by Crippen LogP contribution is 2.28. The Morgan fingerprint density at radius 1 is 1.41 bits per heavy atom. The summed E-state index contributed by atoms with van der Waals surface area (Å²) in [7, 11) is 1.61. The number of nitrogens with one attached hydrogen (secondary N) is 1. The van der Waals surface area contributed by atoms with Crippen molar-refractivity contribution >= 4 is 22.6 Å². The molecule has 6 heteroatoms. The first-order valence-electron chi connectivity index (χ1n) is 7.35. The van der Waals surface area contributed by atoms with Crippen molar-refractivity contribution in [2.75, 3.05) is 26.0 Å². The van der Waals surface area contributed by atoms with E-state index in [4.69, 9.17) is 10.5 Å². The van der Waals surface area contributed by atoms with Gasteiger partial charge in [0.15, 0.2) is 0 Å². The number of amides is 1. The molecule has 6 nitrogen and oxygen atoms in total. The second-order valence-corrected chi connectivity index (χ2v) is 6.33. The molecular formula is C16H24N4O2. The number of aromatic nitrogens is 2. The van der Waals surface area contributed by atoms with Crippen LogP contribution in [-0.2, 0) is 21.5 Å². The van der Waals surface area contributed by atoms with Crippen LogP contribution in [0.4, 0.5) is 5.69 Å². The third-order valence-corrected chi connectivity index (χ3v) is 3.41. The minimum Gasteiger partial charge on any atom is -0.397 e. The Bertz CT molecular complexity index is 671. The van der Waals surface area contributed by atoms with Crippen LogP contribution in [0.15, 0.2) is 18.2 Å². The molecule has 0 radical (unpaired) electrons. The Morgan fingerprint density at radius 2 is 2.14 bits per heavy atom. The molecule has 0 saturated heterocycles. The number of fused-ring (bicyclic) bond motifs is 1. The molecule has 22 heavy (non-hydrogen) atoms. The van der Waals surface area contributed by atoms with E-state index in [1.54, 1.807) is 7.11 Å². The van der Waals surface area contributed by atoms with Crippen LogP contribution >= 0.6 is 0 Å². The summed E-state index contributed by atoms with van der Waals surface area (Å²) in [4.78, 5) is 16.8. The zero-order chi connectivity index (χ0) is 16.3. The molecule has 0 atom stereocenters. The van der Waals surface area contributed by atoms with Crippen molar-refractivity contribution < 1.29 is 9.53 Å². The monoisotopic (exact) mass is 304 g/mol. The molecule has 0 unspecified atom stereocenters. The molecule has 0 fully saturated rings. The highest BCUT2D eigenvalue weighted by molar-refractivity contribution is 5.89. The maximum atomic E-state index is 12.1. The van der Waals surface area contributed by atoms with Crippen molar-refractivity contribution in [2.24, 2.45) is 0 Å². The van der Waals surface area contributed by atoms with Gasteiger partial charge in [-0.15, -0.1) is 0 Å². The topological polar surface area (TPSA) is 82.2 Å². The lowest BCUT2D eigenvalue weighted by Gasteiger charge is -2.20. The lowest BCUT2D eigenvalue weighted by atomic mass is 9.95. The Balaban J connectivity index is 2.38. The fraction of sp³-hybridized carbons (Fsp3) is 0.500. The van der Waals surface area contributed by atoms with Gasteiger partial charge in [-0.05, 0) is 12.1 Å². The van der Waals surface area contributed by atoms with Gasteiger partial charge in [-0.1, -0.05) is 26.8 Å². The summed E-state index contributed by atoms with van der Waals surface area (Å²) in [6.45, 7) is 7.43. The van der Waals surface area contributed by atoms with Crippen LogP contribution in [0.1, 0.15) is 26.6 Å². The Labute approximate surface area is 130 Å². The van der Waals surface area contributed by atoms with Gasteiger partial charge < -0.3 is 20.4 Å². The van der Waals surface area contributed by atoms with Crippen LogP contribution in [0.25, 0.3) is 11.0 Å². The lowest BCUT2D eigenvalue weighted by Crippen LogP contribution is -2.32. The van der Waals surface area contributed by atoms with Crippen LogP contribution in [-0.4, -0.2) is 35.7 Å². The second-order valence-electron chi connectivity index (χ2n) is 6.33. The fourth-order valence-corrected chi connectivity index (χ4v) is 2.39. The molecule has 120 valence electrons. The first-order chi connectivity index (χ1) is 10.3. The number of para-hydroxylation sites is 1. The summed E-state index contributed by atoms with van der Waals surface area (Å²) >= 11 is 0. The van der Waals surface area contributed by atoms with Crippen molar-refractivity contribution in [1.29, 1.82) is 0 Å². The molecule has 1 aromatic carbocycles. The van der Waals surface area contributed by atoms with Gasteiger partial charge >= 0.3 is 0 Å². The maximum absolute atomic E-state index is 12.1. The van der Waals surface area contributed by atoms with Gasteiger partial charge in [-0.2, -0.15) is 0 Å². The zero-order valence-corrected chi connectivity index (χ0v) is 13.6. The zero-order valence-electron chi connectivity index (χ0n) is 13.6. The molecule has 0 saturated carbocycles. The van der Waals surface area contributed by atoms with Gasteiger partial charge in [-0.3, -0.25) is 4.79 Å². The molecular weight excluding hydrogens is 280 g/mol. The number of methoxy groups -OCH3 is 1. The molecule has 1 aromatic heterocycles. The van der Waals surface area contributed by atoms with Gasteiger partial charge in [0.25, 0.3) is 0 Å². The summed E-state index contributed by atoms with van der Waals surface area (Å²) in [6, 6.07) is 5.65. The van der Waals surface area contributed by atoms with E-state index < -0.39 is 0 Å². The van der Waals surface area contributed by atoms with E-state index in [9.17, 15) is 4.79 Å². The number of benzene rings is 1. The smallest absolute Gasteiger partial charge is 0.240 e. The maximum Gasteiger partial charge on any atom is 0.240 e. The first-order valence-corrected chi connectivity index (χ1v) is 7.35. The second kappa shape index (κ2) is 6.36. The van der Waals surface area contributed by atoms with Gasteiger partial charge in [0, 0.05) is 19.1 Å². The SMILES string of the molecule is COCCNC(=O)Cn1c(C(C)(C)C)nc2c(N)cccc21. The largest absolute Gasteiger partial charge is 0.397 e. The van der Waals surface area contributed by atoms with E-state index in [0.717, 1.165) is 16.9 Å². The quantitative estimate of drug-likeness (QED) is 0.650. The predicted molar refractivity (Wildman–Crippen MR) is 87.7 cm³/mol. The number of nitrogen functional groups attached to an aromatic ring is 1. The third-order valence-electron chi connectivity index (χ3n) is 3.41. The number of imidazole rings is 1. The van der Waals surface area contributed by atoms with E-state index in [2.05, 4.69) is 31.1 Å². The number of carbonyl (C=O) groups is 1. The van der Waals surface area contributed by atoms with Crippen LogP contribution in [0.2, 0.25) is 0 Å². The Hall–Kier alpha value is -2.08. The van der Waals surface area contributed by atoms with E-state index in [-0.39, 0.29) is 17.9 Å². The van der Waals surface area contributed by atoms with Gasteiger partial charge in [-0.25, -0.2) is 4.98 Å². The van der Waals surface area contributed by atoms with Crippen LogP contribution in [0, 0.1) is 0 Å². The summed E-state index contributed by atoms with van der Waals surface area (Å²) in [5.74, 6) is 0.784. The lowest BCUT2D eigenvalue weighted by molar-refractivity contribution is -0.121. The van der Waals surface area contributed by atoms with E-state index in [1.165, 1.54) is 0 Å². The van der Waals surface area contributed by atoms with Crippen LogP contribution < -0.4 is 11.1 Å².